The van der Waals surface area contributed by atoms with E-state index in [4.69, 9.17) is 0 Å². The van der Waals surface area contributed by atoms with E-state index in [9.17, 15) is 18.0 Å². The number of unbranched alkanes of at least 4 members (excludes halogenated alkanes) is 3. The maximum absolute atomic E-state index is 13.1. The third-order valence-electron chi connectivity index (χ3n) is 3.81. The van der Waals surface area contributed by atoms with Gasteiger partial charge in [-0.25, -0.2) is 4.79 Å². The van der Waals surface area contributed by atoms with Crippen LogP contribution in [0.5, 0.6) is 0 Å². The van der Waals surface area contributed by atoms with Crippen LogP contribution in [-0.2, 0) is 10.9 Å². The number of hydrogen-bond acceptors (Lipinski definition) is 2. The molecule has 0 aliphatic heterocycles. The van der Waals surface area contributed by atoms with E-state index in [2.05, 4.69) is 11.7 Å². The lowest BCUT2D eigenvalue weighted by Crippen LogP contribution is -2.15. The Bertz CT molecular complexity index is 495. The van der Waals surface area contributed by atoms with Gasteiger partial charge in [0.2, 0.25) is 0 Å². The van der Waals surface area contributed by atoms with Crippen molar-refractivity contribution in [2.45, 2.75) is 58.0 Å². The quantitative estimate of drug-likeness (QED) is 0.486. The first-order valence-corrected chi connectivity index (χ1v) is 7.60. The van der Waals surface area contributed by atoms with Crippen LogP contribution in [0.15, 0.2) is 18.2 Å². The molecule has 5 heteroatoms. The van der Waals surface area contributed by atoms with Crippen molar-refractivity contribution in [1.29, 1.82) is 0 Å². The van der Waals surface area contributed by atoms with E-state index < -0.39 is 23.3 Å². The number of rotatable bonds is 7. The highest BCUT2D eigenvalue weighted by atomic mass is 19.4. The van der Waals surface area contributed by atoms with Gasteiger partial charge in [-0.2, -0.15) is 13.2 Å². The molecule has 22 heavy (non-hydrogen) atoms. The molecule has 0 saturated heterocycles. The van der Waals surface area contributed by atoms with Crippen molar-refractivity contribution in [1.82, 2.24) is 0 Å². The predicted octanol–water partition coefficient (Wildman–Crippen LogP) is 5.57. The highest BCUT2D eigenvalue weighted by Crippen LogP contribution is 2.35. The average Bonchev–Trinajstić information content (AvgIpc) is 2.49. The molecule has 0 amide bonds. The van der Waals surface area contributed by atoms with Crippen molar-refractivity contribution in [3.63, 3.8) is 0 Å². The van der Waals surface area contributed by atoms with Crippen molar-refractivity contribution < 1.29 is 22.7 Å². The van der Waals surface area contributed by atoms with Crippen molar-refractivity contribution in [2.75, 3.05) is 7.11 Å². The summed E-state index contributed by atoms with van der Waals surface area (Å²) >= 11 is 0. The fourth-order valence-electron chi connectivity index (χ4n) is 2.43. The Balaban J connectivity index is 2.96. The van der Waals surface area contributed by atoms with Gasteiger partial charge in [0.05, 0.1) is 18.2 Å². The van der Waals surface area contributed by atoms with Gasteiger partial charge in [-0.15, -0.1) is 0 Å². The van der Waals surface area contributed by atoms with Gasteiger partial charge in [0.15, 0.2) is 0 Å². The Morgan fingerprint density at radius 1 is 1.23 bits per heavy atom. The highest BCUT2D eigenvalue weighted by Gasteiger charge is 2.36. The molecule has 1 unspecified atom stereocenters. The lowest BCUT2D eigenvalue weighted by atomic mass is 9.91. The van der Waals surface area contributed by atoms with Crippen LogP contribution in [0.25, 0.3) is 0 Å². The molecule has 2 nitrogen and oxygen atoms in total. The first kappa shape index (κ1) is 18.5. The molecule has 0 aromatic heterocycles. The molecule has 0 aliphatic carbocycles. The summed E-state index contributed by atoms with van der Waals surface area (Å²) in [6.45, 7) is 4.03. The van der Waals surface area contributed by atoms with E-state index in [0.29, 0.717) is 5.56 Å². The van der Waals surface area contributed by atoms with E-state index >= 15 is 0 Å². The van der Waals surface area contributed by atoms with Crippen LogP contribution in [0.4, 0.5) is 13.2 Å². The van der Waals surface area contributed by atoms with Gasteiger partial charge in [0, 0.05) is 0 Å². The molecule has 0 radical (unpaired) electrons. The summed E-state index contributed by atoms with van der Waals surface area (Å²) in [5.74, 6) is -0.931. The molecule has 0 fully saturated rings. The summed E-state index contributed by atoms with van der Waals surface area (Å²) in [4.78, 5) is 11.5. The van der Waals surface area contributed by atoms with Gasteiger partial charge in [-0.3, -0.25) is 0 Å². The van der Waals surface area contributed by atoms with Gasteiger partial charge < -0.3 is 4.74 Å². The van der Waals surface area contributed by atoms with E-state index in [1.165, 1.54) is 6.07 Å². The maximum Gasteiger partial charge on any atom is 0.417 e. The van der Waals surface area contributed by atoms with Gasteiger partial charge in [0.1, 0.15) is 0 Å². The minimum absolute atomic E-state index is 0.0321. The third-order valence-corrected chi connectivity index (χ3v) is 3.81. The molecular weight excluding hydrogens is 293 g/mol. The SMILES string of the molecule is CCCCCCC(C)c1ccc(C(=O)OC)c(C(F)(F)F)c1. The first-order valence-electron chi connectivity index (χ1n) is 7.60. The molecule has 0 bridgehead atoms. The lowest BCUT2D eigenvalue weighted by molar-refractivity contribution is -0.138. The molecule has 0 saturated carbocycles. The molecular formula is C17H23F3O2. The fourth-order valence-corrected chi connectivity index (χ4v) is 2.43. The van der Waals surface area contributed by atoms with Crippen molar-refractivity contribution >= 4 is 5.97 Å². The number of methoxy groups -OCH3 is 1. The summed E-state index contributed by atoms with van der Waals surface area (Å²) in [7, 11) is 1.08. The Morgan fingerprint density at radius 3 is 2.45 bits per heavy atom. The van der Waals surface area contributed by atoms with Crippen LogP contribution in [0.3, 0.4) is 0 Å². The minimum atomic E-state index is -4.57. The summed E-state index contributed by atoms with van der Waals surface area (Å²) in [6, 6.07) is 3.88. The maximum atomic E-state index is 13.1. The van der Waals surface area contributed by atoms with Crippen LogP contribution in [0.2, 0.25) is 0 Å². The molecule has 1 rings (SSSR count). The molecule has 0 spiro atoms. The van der Waals surface area contributed by atoms with E-state index in [0.717, 1.165) is 45.3 Å². The zero-order chi connectivity index (χ0) is 16.8. The van der Waals surface area contributed by atoms with E-state index in [1.54, 1.807) is 6.07 Å². The summed E-state index contributed by atoms with van der Waals surface area (Å²) < 4.78 is 43.8. The zero-order valence-electron chi connectivity index (χ0n) is 13.3. The number of hydrogen-bond donors (Lipinski definition) is 0. The lowest BCUT2D eigenvalue weighted by Gasteiger charge is -2.17. The monoisotopic (exact) mass is 316 g/mol. The number of alkyl halides is 3. The van der Waals surface area contributed by atoms with Gasteiger partial charge in [0.25, 0.3) is 0 Å². The predicted molar refractivity (Wildman–Crippen MR) is 80.0 cm³/mol. The smallest absolute Gasteiger partial charge is 0.417 e. The molecule has 0 N–H and O–H groups in total. The molecule has 124 valence electrons. The second kappa shape index (κ2) is 8.20. The van der Waals surface area contributed by atoms with Crippen molar-refractivity contribution in [3.05, 3.63) is 34.9 Å². The van der Waals surface area contributed by atoms with E-state index in [-0.39, 0.29) is 5.92 Å². The normalized spacial score (nSPS) is 13.0. The Labute approximate surface area is 129 Å². The summed E-state index contributed by atoms with van der Waals surface area (Å²) in [5, 5.41) is 0. The zero-order valence-corrected chi connectivity index (χ0v) is 13.3. The second-order valence-electron chi connectivity index (χ2n) is 5.54. The van der Waals surface area contributed by atoms with Crippen LogP contribution in [0, 0.1) is 0 Å². The minimum Gasteiger partial charge on any atom is -0.465 e. The molecule has 1 atom stereocenters. The summed E-state index contributed by atoms with van der Waals surface area (Å²) in [6.07, 6.45) is 0.626. The van der Waals surface area contributed by atoms with Gasteiger partial charge in [-0.1, -0.05) is 45.6 Å². The van der Waals surface area contributed by atoms with Crippen LogP contribution >= 0.6 is 0 Å². The van der Waals surface area contributed by atoms with E-state index in [1.807, 2.05) is 6.92 Å². The topological polar surface area (TPSA) is 26.3 Å². The number of esters is 1. The molecule has 1 aromatic carbocycles. The van der Waals surface area contributed by atoms with Crippen LogP contribution in [0.1, 0.15) is 73.4 Å². The van der Waals surface area contributed by atoms with Crippen LogP contribution < -0.4 is 0 Å². The number of carbonyl (C=O) groups is 1. The third kappa shape index (κ3) is 5.04. The molecule has 0 heterocycles. The molecule has 0 aliphatic rings. The average molecular weight is 316 g/mol. The second-order valence-corrected chi connectivity index (χ2v) is 5.54. The Hall–Kier alpha value is -1.52. The van der Waals surface area contributed by atoms with Gasteiger partial charge in [-0.05, 0) is 30.0 Å². The van der Waals surface area contributed by atoms with Crippen molar-refractivity contribution in [2.24, 2.45) is 0 Å². The largest absolute Gasteiger partial charge is 0.465 e. The fraction of sp³-hybridized carbons (Fsp3) is 0.588. The summed E-state index contributed by atoms with van der Waals surface area (Å²) in [5.41, 5.74) is -0.745. The number of carbonyl (C=O) groups excluding carboxylic acids is 1. The Kier molecular flexibility index (Phi) is 6.91. The highest BCUT2D eigenvalue weighted by molar-refractivity contribution is 5.91. The number of benzene rings is 1. The van der Waals surface area contributed by atoms with Gasteiger partial charge >= 0.3 is 12.1 Å². The standard InChI is InChI=1S/C17H23F3O2/c1-4-5-6-7-8-12(2)13-9-10-14(16(21)22-3)15(11-13)17(18,19)20/h9-12H,4-8H2,1-3H3. The number of ether oxygens (including phenoxy) is 1. The van der Waals surface area contributed by atoms with Crippen LogP contribution in [-0.4, -0.2) is 13.1 Å². The Morgan fingerprint density at radius 2 is 1.91 bits per heavy atom. The first-order chi connectivity index (χ1) is 10.3. The number of halogens is 3. The molecule has 1 aromatic rings. The van der Waals surface area contributed by atoms with Crippen molar-refractivity contribution in [3.8, 4) is 0 Å².